The minimum atomic E-state index is 0.576. The molecule has 1 fully saturated rings. The number of hydrogen-bond donors (Lipinski definition) is 1. The van der Waals surface area contributed by atoms with Gasteiger partial charge in [0.15, 0.2) is 17.0 Å². The molecule has 2 aromatic heterocycles. The van der Waals surface area contributed by atoms with Crippen molar-refractivity contribution in [1.82, 2.24) is 19.9 Å². The van der Waals surface area contributed by atoms with Crippen LogP contribution in [0.4, 0.5) is 23.1 Å². The van der Waals surface area contributed by atoms with Crippen LogP contribution in [0.5, 0.6) is 0 Å². The van der Waals surface area contributed by atoms with Crippen molar-refractivity contribution >= 4 is 45.9 Å². The van der Waals surface area contributed by atoms with E-state index in [0.29, 0.717) is 28.0 Å². The first-order valence-corrected chi connectivity index (χ1v) is 10.6. The second-order valence-electron chi connectivity index (χ2n) is 7.49. The molecule has 1 aliphatic rings. The summed E-state index contributed by atoms with van der Waals surface area (Å²) in [5.74, 6) is 1.30. The van der Waals surface area contributed by atoms with Crippen molar-refractivity contribution in [3.8, 4) is 0 Å². The maximum atomic E-state index is 6.11. The van der Waals surface area contributed by atoms with Gasteiger partial charge in [0.1, 0.15) is 0 Å². The van der Waals surface area contributed by atoms with Crippen molar-refractivity contribution < 1.29 is 0 Å². The minimum Gasteiger partial charge on any atom is -0.368 e. The van der Waals surface area contributed by atoms with E-state index in [0.717, 1.165) is 37.4 Å². The lowest BCUT2D eigenvalue weighted by Crippen LogP contribution is -2.47. The summed E-state index contributed by atoms with van der Waals surface area (Å²) in [5, 5.41) is 4.11. The quantitative estimate of drug-likeness (QED) is 0.511. The normalized spacial score (nSPS) is 14.1. The van der Waals surface area contributed by atoms with Gasteiger partial charge in [-0.1, -0.05) is 29.8 Å². The molecule has 31 heavy (non-hydrogen) atoms. The summed E-state index contributed by atoms with van der Waals surface area (Å²) in [6.45, 7) is 5.49. The summed E-state index contributed by atoms with van der Waals surface area (Å²) in [5.41, 5.74) is 4.42. The van der Waals surface area contributed by atoms with E-state index >= 15 is 0 Å². The van der Waals surface area contributed by atoms with E-state index in [1.165, 1.54) is 5.69 Å². The van der Waals surface area contributed by atoms with Crippen LogP contribution in [0.3, 0.4) is 0 Å². The highest BCUT2D eigenvalue weighted by molar-refractivity contribution is 6.30. The van der Waals surface area contributed by atoms with Crippen LogP contribution in [0.25, 0.3) is 11.2 Å². The summed E-state index contributed by atoms with van der Waals surface area (Å²) < 4.78 is 0. The number of halogens is 1. The molecule has 0 bridgehead atoms. The Morgan fingerprint density at radius 1 is 0.871 bits per heavy atom. The first-order chi connectivity index (χ1) is 15.2. The SMILES string of the molecule is Cc1cc(Cl)ccc1Nc1nc(N2CCN(c3ccccc3)CC2)nc2nccnc12. The lowest BCUT2D eigenvalue weighted by atomic mass is 10.2. The third kappa shape index (κ3) is 4.09. The zero-order valence-electron chi connectivity index (χ0n) is 17.2. The van der Waals surface area contributed by atoms with Crippen molar-refractivity contribution in [3.05, 3.63) is 71.5 Å². The lowest BCUT2D eigenvalue weighted by Gasteiger charge is -2.36. The van der Waals surface area contributed by atoms with Crippen LogP contribution in [0.1, 0.15) is 5.56 Å². The molecule has 1 N–H and O–H groups in total. The van der Waals surface area contributed by atoms with E-state index in [9.17, 15) is 0 Å². The Labute approximate surface area is 185 Å². The maximum Gasteiger partial charge on any atom is 0.229 e. The van der Waals surface area contributed by atoms with Gasteiger partial charge in [-0.2, -0.15) is 9.97 Å². The highest BCUT2D eigenvalue weighted by Gasteiger charge is 2.21. The van der Waals surface area contributed by atoms with E-state index in [-0.39, 0.29) is 0 Å². The molecule has 2 aromatic carbocycles. The largest absolute Gasteiger partial charge is 0.368 e. The number of piperazine rings is 1. The molecule has 4 aromatic rings. The molecule has 0 atom stereocenters. The van der Waals surface area contributed by atoms with Crippen LogP contribution < -0.4 is 15.1 Å². The van der Waals surface area contributed by atoms with E-state index in [1.807, 2.05) is 31.2 Å². The van der Waals surface area contributed by atoms with Crippen molar-refractivity contribution in [2.24, 2.45) is 0 Å². The Hall–Kier alpha value is -3.45. The van der Waals surface area contributed by atoms with Gasteiger partial charge < -0.3 is 15.1 Å². The van der Waals surface area contributed by atoms with Gasteiger partial charge in [-0.15, -0.1) is 0 Å². The minimum absolute atomic E-state index is 0.576. The molecule has 1 aliphatic heterocycles. The molecule has 0 amide bonds. The third-order valence-corrected chi connectivity index (χ3v) is 5.68. The molecular formula is C23H22ClN7. The molecule has 156 valence electrons. The van der Waals surface area contributed by atoms with Gasteiger partial charge in [-0.25, -0.2) is 9.97 Å². The standard InChI is InChI=1S/C23H22ClN7/c1-16-15-17(24)7-8-19(16)27-22-20-21(26-10-9-25-20)28-23(29-22)31-13-11-30(12-14-31)18-5-3-2-4-6-18/h2-10,15H,11-14H2,1H3,(H,26,27,28,29). The zero-order valence-corrected chi connectivity index (χ0v) is 17.9. The van der Waals surface area contributed by atoms with Gasteiger partial charge in [-0.3, -0.25) is 0 Å². The number of fused-ring (bicyclic) bond motifs is 1. The first kappa shape index (κ1) is 19.5. The molecule has 0 spiro atoms. The third-order valence-electron chi connectivity index (χ3n) is 5.45. The van der Waals surface area contributed by atoms with Gasteiger partial charge in [0.2, 0.25) is 5.95 Å². The number of benzene rings is 2. The Bertz CT molecular complexity index is 1210. The number of rotatable bonds is 4. The number of aromatic nitrogens is 4. The fourth-order valence-corrected chi connectivity index (χ4v) is 4.01. The molecule has 0 unspecified atom stereocenters. The molecule has 0 saturated carbocycles. The number of anilines is 4. The molecule has 3 heterocycles. The van der Waals surface area contributed by atoms with Crippen molar-refractivity contribution in [2.75, 3.05) is 41.3 Å². The molecule has 7 nitrogen and oxygen atoms in total. The number of hydrogen-bond acceptors (Lipinski definition) is 7. The summed E-state index contributed by atoms with van der Waals surface area (Å²) in [6.07, 6.45) is 3.31. The molecule has 1 saturated heterocycles. The molecule has 5 rings (SSSR count). The van der Waals surface area contributed by atoms with Crippen LogP contribution in [0.15, 0.2) is 60.9 Å². The van der Waals surface area contributed by atoms with Crippen LogP contribution in [-0.2, 0) is 0 Å². The summed E-state index contributed by atoms with van der Waals surface area (Å²) in [7, 11) is 0. The van der Waals surface area contributed by atoms with Gasteiger partial charge in [-0.05, 0) is 42.8 Å². The highest BCUT2D eigenvalue weighted by Crippen LogP contribution is 2.28. The molecule has 8 heteroatoms. The van der Waals surface area contributed by atoms with E-state index in [4.69, 9.17) is 21.6 Å². The van der Waals surface area contributed by atoms with E-state index in [1.54, 1.807) is 12.4 Å². The molecular weight excluding hydrogens is 410 g/mol. The Balaban J connectivity index is 1.43. The zero-order chi connectivity index (χ0) is 21.2. The predicted molar refractivity (Wildman–Crippen MR) is 125 cm³/mol. The van der Waals surface area contributed by atoms with Crippen molar-refractivity contribution in [3.63, 3.8) is 0 Å². The molecule has 0 radical (unpaired) electrons. The summed E-state index contributed by atoms with van der Waals surface area (Å²) >= 11 is 6.11. The van der Waals surface area contributed by atoms with Crippen molar-refractivity contribution in [1.29, 1.82) is 0 Å². The monoisotopic (exact) mass is 431 g/mol. The van der Waals surface area contributed by atoms with E-state index in [2.05, 4.69) is 49.4 Å². The van der Waals surface area contributed by atoms with Gasteiger partial charge >= 0.3 is 0 Å². The first-order valence-electron chi connectivity index (χ1n) is 10.2. The fourth-order valence-electron chi connectivity index (χ4n) is 3.78. The number of aryl methyl sites for hydroxylation is 1. The predicted octanol–water partition coefficient (Wildman–Crippen LogP) is 4.45. The van der Waals surface area contributed by atoms with E-state index < -0.39 is 0 Å². The Morgan fingerprint density at radius 3 is 2.39 bits per heavy atom. The Kier molecular flexibility index (Phi) is 5.26. The average molecular weight is 432 g/mol. The van der Waals surface area contributed by atoms with Crippen LogP contribution in [-0.4, -0.2) is 46.1 Å². The highest BCUT2D eigenvalue weighted by atomic mass is 35.5. The average Bonchev–Trinajstić information content (AvgIpc) is 2.81. The summed E-state index contributed by atoms with van der Waals surface area (Å²) in [6, 6.07) is 16.2. The second-order valence-corrected chi connectivity index (χ2v) is 7.93. The Morgan fingerprint density at radius 2 is 1.61 bits per heavy atom. The van der Waals surface area contributed by atoms with Crippen LogP contribution >= 0.6 is 11.6 Å². The van der Waals surface area contributed by atoms with Gasteiger partial charge in [0.05, 0.1) is 0 Å². The number of para-hydroxylation sites is 1. The van der Waals surface area contributed by atoms with Crippen LogP contribution in [0.2, 0.25) is 5.02 Å². The van der Waals surface area contributed by atoms with Crippen molar-refractivity contribution in [2.45, 2.75) is 6.92 Å². The van der Waals surface area contributed by atoms with Gasteiger partial charge in [0.25, 0.3) is 0 Å². The maximum absolute atomic E-state index is 6.11. The number of nitrogens with one attached hydrogen (secondary N) is 1. The van der Waals surface area contributed by atoms with Gasteiger partial charge in [0, 0.05) is 55.0 Å². The second kappa shape index (κ2) is 8.35. The molecule has 0 aliphatic carbocycles. The lowest BCUT2D eigenvalue weighted by molar-refractivity contribution is 0.641. The summed E-state index contributed by atoms with van der Waals surface area (Å²) in [4.78, 5) is 23.0. The fraction of sp³-hybridized carbons (Fsp3) is 0.217. The smallest absolute Gasteiger partial charge is 0.229 e. The number of nitrogens with zero attached hydrogens (tertiary/aromatic N) is 6. The van der Waals surface area contributed by atoms with Crippen LogP contribution in [0, 0.1) is 6.92 Å². The topological polar surface area (TPSA) is 70.1 Å².